The summed E-state index contributed by atoms with van der Waals surface area (Å²) in [4.78, 5) is 39.5. The molecule has 0 aliphatic rings. The van der Waals surface area contributed by atoms with Gasteiger partial charge in [0.1, 0.15) is 0 Å². The van der Waals surface area contributed by atoms with Crippen LogP contribution in [0.2, 0.25) is 0 Å². The number of carboxylic acids is 1. The first-order valence-corrected chi connectivity index (χ1v) is 7.36. The zero-order valence-electron chi connectivity index (χ0n) is 12.9. The van der Waals surface area contributed by atoms with E-state index in [0.29, 0.717) is 6.41 Å². The van der Waals surface area contributed by atoms with Crippen LogP contribution in [-0.4, -0.2) is 35.1 Å². The SMILES string of the molecule is O=CN(CC(Cc1ccccc1)C(=O)O)OC(=O)c1ccccc1. The van der Waals surface area contributed by atoms with E-state index in [1.165, 1.54) is 0 Å². The Labute approximate surface area is 139 Å². The zero-order valence-corrected chi connectivity index (χ0v) is 12.9. The van der Waals surface area contributed by atoms with Gasteiger partial charge in [-0.15, -0.1) is 0 Å². The van der Waals surface area contributed by atoms with Crippen LogP contribution in [0.15, 0.2) is 60.7 Å². The van der Waals surface area contributed by atoms with E-state index in [4.69, 9.17) is 4.84 Å². The van der Waals surface area contributed by atoms with E-state index in [0.717, 1.165) is 10.6 Å². The van der Waals surface area contributed by atoms with Gasteiger partial charge in [-0.2, -0.15) is 5.06 Å². The van der Waals surface area contributed by atoms with Gasteiger partial charge in [-0.25, -0.2) is 4.79 Å². The molecule has 2 aromatic rings. The second kappa shape index (κ2) is 8.47. The van der Waals surface area contributed by atoms with Gasteiger partial charge in [0, 0.05) is 0 Å². The van der Waals surface area contributed by atoms with Crippen molar-refractivity contribution in [3.8, 4) is 0 Å². The molecule has 1 atom stereocenters. The average Bonchev–Trinajstić information content (AvgIpc) is 2.61. The zero-order chi connectivity index (χ0) is 17.4. The maximum absolute atomic E-state index is 12.0. The summed E-state index contributed by atoms with van der Waals surface area (Å²) in [7, 11) is 0. The Bertz CT molecular complexity index is 687. The molecule has 0 saturated heterocycles. The summed E-state index contributed by atoms with van der Waals surface area (Å²) >= 11 is 0. The molecule has 6 heteroatoms. The minimum atomic E-state index is -1.07. The second-order valence-corrected chi connectivity index (χ2v) is 5.17. The number of carboxylic acid groups (broad SMARTS) is 1. The molecular weight excluding hydrogens is 310 g/mol. The third-order valence-electron chi connectivity index (χ3n) is 3.40. The molecule has 124 valence electrons. The fourth-order valence-corrected chi connectivity index (χ4v) is 2.18. The van der Waals surface area contributed by atoms with E-state index in [1.807, 2.05) is 6.07 Å². The summed E-state index contributed by atoms with van der Waals surface area (Å²) in [5.41, 5.74) is 1.10. The van der Waals surface area contributed by atoms with Crippen LogP contribution in [0.3, 0.4) is 0 Å². The Kier molecular flexibility index (Phi) is 6.08. The molecule has 0 bridgehead atoms. The number of benzene rings is 2. The standard InChI is InChI=1S/C18H17NO5/c20-13-19(24-18(23)15-9-5-2-6-10-15)12-16(17(21)22)11-14-7-3-1-4-8-14/h1-10,13,16H,11-12H2,(H,21,22). The van der Waals surface area contributed by atoms with Crippen LogP contribution >= 0.6 is 0 Å². The lowest BCUT2D eigenvalue weighted by Gasteiger charge is -2.20. The molecule has 24 heavy (non-hydrogen) atoms. The van der Waals surface area contributed by atoms with Crippen molar-refractivity contribution in [2.45, 2.75) is 6.42 Å². The number of hydrogen-bond acceptors (Lipinski definition) is 4. The van der Waals surface area contributed by atoms with Crippen molar-refractivity contribution in [3.05, 3.63) is 71.8 Å². The van der Waals surface area contributed by atoms with E-state index in [1.54, 1.807) is 54.6 Å². The molecule has 1 amide bonds. The van der Waals surface area contributed by atoms with Crippen molar-refractivity contribution in [2.24, 2.45) is 5.92 Å². The van der Waals surface area contributed by atoms with Gasteiger partial charge in [0.05, 0.1) is 18.0 Å². The highest BCUT2D eigenvalue weighted by atomic mass is 16.7. The maximum atomic E-state index is 12.0. The molecule has 0 radical (unpaired) electrons. The molecule has 2 aromatic carbocycles. The van der Waals surface area contributed by atoms with Crippen LogP contribution < -0.4 is 0 Å². The molecule has 1 unspecified atom stereocenters. The minimum Gasteiger partial charge on any atom is -0.481 e. The lowest BCUT2D eigenvalue weighted by Crippen LogP contribution is -2.35. The van der Waals surface area contributed by atoms with Crippen LogP contribution in [0.1, 0.15) is 15.9 Å². The Morgan fingerprint density at radius 2 is 1.62 bits per heavy atom. The molecule has 2 rings (SSSR count). The van der Waals surface area contributed by atoms with E-state index in [-0.39, 0.29) is 18.5 Å². The monoisotopic (exact) mass is 327 g/mol. The summed E-state index contributed by atoms with van der Waals surface area (Å²) in [5.74, 6) is -2.67. The first-order chi connectivity index (χ1) is 11.6. The maximum Gasteiger partial charge on any atom is 0.363 e. The summed E-state index contributed by atoms with van der Waals surface area (Å²) in [6.07, 6.45) is 0.533. The van der Waals surface area contributed by atoms with Crippen molar-refractivity contribution in [3.63, 3.8) is 0 Å². The number of aliphatic carboxylic acids is 1. The predicted octanol–water partition coefficient (Wildman–Crippen LogP) is 2.16. The third-order valence-corrected chi connectivity index (χ3v) is 3.40. The Balaban J connectivity index is 2.02. The quantitative estimate of drug-likeness (QED) is 0.593. The Morgan fingerprint density at radius 3 is 2.17 bits per heavy atom. The Morgan fingerprint density at radius 1 is 1.04 bits per heavy atom. The van der Waals surface area contributed by atoms with Crippen LogP contribution in [-0.2, 0) is 20.8 Å². The van der Waals surface area contributed by atoms with Gasteiger partial charge in [-0.05, 0) is 24.1 Å². The molecule has 0 saturated carbocycles. The number of hydrogen-bond donors (Lipinski definition) is 1. The lowest BCUT2D eigenvalue weighted by molar-refractivity contribution is -0.160. The van der Waals surface area contributed by atoms with Crippen LogP contribution in [0.25, 0.3) is 0 Å². The van der Waals surface area contributed by atoms with Crippen molar-refractivity contribution < 1.29 is 24.3 Å². The van der Waals surface area contributed by atoms with Crippen molar-refractivity contribution in [2.75, 3.05) is 6.54 Å². The van der Waals surface area contributed by atoms with Gasteiger partial charge < -0.3 is 9.94 Å². The van der Waals surface area contributed by atoms with Gasteiger partial charge in [-0.1, -0.05) is 48.5 Å². The van der Waals surface area contributed by atoms with Crippen molar-refractivity contribution in [1.29, 1.82) is 0 Å². The average molecular weight is 327 g/mol. The number of hydroxylamine groups is 2. The van der Waals surface area contributed by atoms with E-state index in [9.17, 15) is 19.5 Å². The van der Waals surface area contributed by atoms with Gasteiger partial charge in [0.15, 0.2) is 0 Å². The molecule has 0 fully saturated rings. The van der Waals surface area contributed by atoms with Crippen LogP contribution in [0.5, 0.6) is 0 Å². The van der Waals surface area contributed by atoms with Gasteiger partial charge in [0.25, 0.3) is 0 Å². The van der Waals surface area contributed by atoms with Gasteiger partial charge in [0.2, 0.25) is 6.41 Å². The fourth-order valence-electron chi connectivity index (χ4n) is 2.18. The van der Waals surface area contributed by atoms with E-state index < -0.39 is 17.9 Å². The minimum absolute atomic E-state index is 0.226. The fraction of sp³-hybridized carbons (Fsp3) is 0.167. The topological polar surface area (TPSA) is 83.9 Å². The van der Waals surface area contributed by atoms with Gasteiger partial charge in [-0.3, -0.25) is 9.59 Å². The highest BCUT2D eigenvalue weighted by Crippen LogP contribution is 2.12. The number of amides is 1. The molecule has 0 aliphatic carbocycles. The smallest absolute Gasteiger partial charge is 0.363 e. The molecule has 0 spiro atoms. The van der Waals surface area contributed by atoms with Crippen molar-refractivity contribution in [1.82, 2.24) is 5.06 Å². The molecular formula is C18H17NO5. The largest absolute Gasteiger partial charge is 0.481 e. The predicted molar refractivity (Wildman–Crippen MR) is 85.9 cm³/mol. The van der Waals surface area contributed by atoms with Crippen LogP contribution in [0, 0.1) is 5.92 Å². The molecule has 0 heterocycles. The number of carbonyl (C=O) groups excluding carboxylic acids is 2. The second-order valence-electron chi connectivity index (χ2n) is 5.17. The molecule has 6 nitrogen and oxygen atoms in total. The van der Waals surface area contributed by atoms with E-state index in [2.05, 4.69) is 0 Å². The number of rotatable bonds is 8. The van der Waals surface area contributed by atoms with Crippen molar-refractivity contribution >= 4 is 18.3 Å². The highest BCUT2D eigenvalue weighted by molar-refractivity contribution is 5.89. The van der Waals surface area contributed by atoms with Gasteiger partial charge >= 0.3 is 11.9 Å². The number of nitrogens with zero attached hydrogens (tertiary/aromatic N) is 1. The molecule has 0 aliphatic heterocycles. The Hall–Kier alpha value is -3.15. The summed E-state index contributed by atoms with van der Waals surface area (Å²) in [5, 5.41) is 10.1. The molecule has 1 N–H and O–H groups in total. The molecule has 0 aromatic heterocycles. The normalized spacial score (nSPS) is 11.3. The lowest BCUT2D eigenvalue weighted by atomic mass is 9.99. The summed E-state index contributed by atoms with van der Waals surface area (Å²) in [6, 6.07) is 17.2. The number of carbonyl (C=O) groups is 3. The van der Waals surface area contributed by atoms with Crippen LogP contribution in [0.4, 0.5) is 0 Å². The first kappa shape index (κ1) is 17.2. The third kappa shape index (κ3) is 4.95. The van der Waals surface area contributed by atoms with E-state index >= 15 is 0 Å². The highest BCUT2D eigenvalue weighted by Gasteiger charge is 2.23. The summed E-state index contributed by atoms with van der Waals surface area (Å²) in [6.45, 7) is -0.230. The summed E-state index contributed by atoms with van der Waals surface area (Å²) < 4.78 is 0. The first-order valence-electron chi connectivity index (χ1n) is 7.36.